The fourth-order valence-electron chi connectivity index (χ4n) is 2.43. The Morgan fingerprint density at radius 1 is 0.767 bits per heavy atom. The molecular formula is C22H45NaO6S. The first-order chi connectivity index (χ1) is 13.8. The molecule has 0 aliphatic heterocycles. The summed E-state index contributed by atoms with van der Waals surface area (Å²) in [6.45, 7) is 9.15. The molecule has 0 atom stereocenters. The summed E-state index contributed by atoms with van der Waals surface area (Å²) in [7, 11) is -4.67. The van der Waals surface area contributed by atoms with Crippen LogP contribution in [0.5, 0.6) is 0 Å². The molecule has 0 spiro atoms. The molecule has 0 aromatic rings. The molecule has 0 unspecified atom stereocenters. The van der Waals surface area contributed by atoms with E-state index in [1.165, 1.54) is 96.0 Å². The van der Waals surface area contributed by atoms with Crippen molar-refractivity contribution in [3.05, 3.63) is 37.8 Å². The van der Waals surface area contributed by atoms with Crippen molar-refractivity contribution in [2.45, 2.75) is 96.8 Å². The number of rotatable bonds is 17. The summed E-state index contributed by atoms with van der Waals surface area (Å²) in [6, 6.07) is 0. The Labute approximate surface area is 209 Å². The van der Waals surface area contributed by atoms with Gasteiger partial charge in [-0.2, -0.15) is 8.42 Å². The zero-order valence-corrected chi connectivity index (χ0v) is 22.1. The van der Waals surface area contributed by atoms with Gasteiger partial charge in [0.25, 0.3) is 0 Å². The van der Waals surface area contributed by atoms with Crippen molar-refractivity contribution in [3.63, 3.8) is 0 Å². The summed E-state index contributed by atoms with van der Waals surface area (Å²) in [5.41, 5.74) is 0. The molecule has 176 valence electrons. The number of hydrogen-bond donors (Lipinski definition) is 3. The van der Waals surface area contributed by atoms with Crippen molar-refractivity contribution in [1.29, 1.82) is 0 Å². The molecule has 0 heterocycles. The quantitative estimate of drug-likeness (QED) is 0.100. The molecular weight excluding hydrogens is 415 g/mol. The Bertz CT molecular complexity index is 445. The molecule has 8 heteroatoms. The van der Waals surface area contributed by atoms with Gasteiger partial charge in [-0.3, -0.25) is 9.11 Å². The van der Waals surface area contributed by atoms with Gasteiger partial charge in [0.2, 0.25) is 0 Å². The van der Waals surface area contributed by atoms with E-state index in [9.17, 15) is 0 Å². The molecule has 0 amide bonds. The first kappa shape index (κ1) is 37.2. The van der Waals surface area contributed by atoms with Crippen molar-refractivity contribution < 1.29 is 58.4 Å². The number of ether oxygens (including phenoxy) is 1. The van der Waals surface area contributed by atoms with E-state index in [2.05, 4.69) is 37.0 Å². The molecule has 6 nitrogen and oxygen atoms in total. The van der Waals surface area contributed by atoms with Crippen molar-refractivity contribution >= 4 is 10.4 Å². The van der Waals surface area contributed by atoms with Crippen LogP contribution in [-0.2, 0) is 15.1 Å². The van der Waals surface area contributed by atoms with Crippen LogP contribution in [0.4, 0.5) is 0 Å². The third kappa shape index (κ3) is 63.0. The third-order valence-corrected chi connectivity index (χ3v) is 3.86. The standard InChI is InChI=1S/C18H36O.C4H6O.Na.H2O4S.H/c1-2-3-4-5-6-7-8-9-10-11-12-13-14-15-16-17-18-19;1-3-5-4-2;;1-5(2,3)4;/h9-10,19H,2-8,11-18H2,1H3;3-4H,1-2H2;;(H2,1,2,3,4);/q;;+1;;-1/b10-9-;;;;. The Morgan fingerprint density at radius 2 is 1.10 bits per heavy atom. The fourth-order valence-corrected chi connectivity index (χ4v) is 2.43. The maximum absolute atomic E-state index is 8.74. The Balaban J connectivity index is -0.000000157. The van der Waals surface area contributed by atoms with Gasteiger partial charge < -0.3 is 11.3 Å². The van der Waals surface area contributed by atoms with Crippen molar-refractivity contribution in [3.8, 4) is 0 Å². The van der Waals surface area contributed by atoms with Crippen molar-refractivity contribution in [2.75, 3.05) is 6.61 Å². The van der Waals surface area contributed by atoms with Crippen LogP contribution in [0.1, 0.15) is 98.2 Å². The van der Waals surface area contributed by atoms with Crippen LogP contribution < -0.4 is 29.6 Å². The van der Waals surface area contributed by atoms with E-state index in [-0.39, 0.29) is 31.0 Å². The van der Waals surface area contributed by atoms with E-state index >= 15 is 0 Å². The Kier molecular flexibility index (Phi) is 41.5. The minimum atomic E-state index is -4.67. The number of unbranched alkanes of at least 4 members (excludes halogenated alkanes) is 12. The molecule has 0 saturated heterocycles. The SMILES string of the molecule is C=COC=C.CCCCCCCC/C=C\CCCCCCCCO.O=S(=O)(O)O.[H-].[Na+]. The van der Waals surface area contributed by atoms with Crippen LogP contribution in [-0.4, -0.2) is 29.2 Å². The summed E-state index contributed by atoms with van der Waals surface area (Å²) in [5, 5.41) is 8.66. The van der Waals surface area contributed by atoms with Crippen LogP contribution in [0.3, 0.4) is 0 Å². The molecule has 30 heavy (non-hydrogen) atoms. The van der Waals surface area contributed by atoms with E-state index in [0.717, 1.165) is 6.42 Å². The molecule has 0 radical (unpaired) electrons. The van der Waals surface area contributed by atoms with E-state index in [1.807, 2.05) is 0 Å². The average Bonchev–Trinajstić information content (AvgIpc) is 2.65. The van der Waals surface area contributed by atoms with Crippen molar-refractivity contribution in [2.24, 2.45) is 0 Å². The summed E-state index contributed by atoms with van der Waals surface area (Å²) in [5.74, 6) is 0. The molecule has 0 aromatic heterocycles. The number of aliphatic hydroxyl groups is 1. The fraction of sp³-hybridized carbons (Fsp3) is 0.727. The Hall–Kier alpha value is -0.150. The summed E-state index contributed by atoms with van der Waals surface area (Å²) < 4.78 is 35.9. The van der Waals surface area contributed by atoms with Gasteiger partial charge in [0.15, 0.2) is 0 Å². The second-order valence-electron chi connectivity index (χ2n) is 6.58. The molecule has 3 N–H and O–H groups in total. The van der Waals surface area contributed by atoms with E-state index in [1.54, 1.807) is 0 Å². The molecule has 0 rings (SSSR count). The largest absolute Gasteiger partial charge is 1.00 e. The van der Waals surface area contributed by atoms with E-state index < -0.39 is 10.4 Å². The van der Waals surface area contributed by atoms with Crippen LogP contribution in [0.2, 0.25) is 0 Å². The van der Waals surface area contributed by atoms with Crippen LogP contribution >= 0.6 is 0 Å². The minimum absolute atomic E-state index is 0. The smallest absolute Gasteiger partial charge is 1.00 e. The third-order valence-electron chi connectivity index (χ3n) is 3.86. The number of aliphatic hydroxyl groups excluding tert-OH is 1. The van der Waals surface area contributed by atoms with E-state index in [4.69, 9.17) is 22.6 Å². The summed E-state index contributed by atoms with van der Waals surface area (Å²) in [4.78, 5) is 0. The van der Waals surface area contributed by atoms with Gasteiger partial charge in [-0.1, -0.05) is 90.0 Å². The zero-order chi connectivity index (χ0) is 22.6. The first-order valence-electron chi connectivity index (χ1n) is 10.7. The van der Waals surface area contributed by atoms with Gasteiger partial charge in [-0.15, -0.1) is 0 Å². The molecule has 0 bridgehead atoms. The molecule has 0 aliphatic carbocycles. The second-order valence-corrected chi connectivity index (χ2v) is 7.47. The first-order valence-corrected chi connectivity index (χ1v) is 12.1. The molecule has 0 fully saturated rings. The molecule has 0 aromatic carbocycles. The molecule has 0 saturated carbocycles. The maximum atomic E-state index is 8.74. The number of allylic oxidation sites excluding steroid dienone is 2. The monoisotopic (exact) mass is 460 g/mol. The van der Waals surface area contributed by atoms with Gasteiger partial charge in [-0.25, -0.2) is 0 Å². The minimum Gasteiger partial charge on any atom is -1.00 e. The van der Waals surface area contributed by atoms with Gasteiger partial charge in [0.1, 0.15) is 0 Å². The van der Waals surface area contributed by atoms with Crippen molar-refractivity contribution in [1.82, 2.24) is 0 Å². The van der Waals surface area contributed by atoms with Crippen LogP contribution in [0.15, 0.2) is 37.8 Å². The van der Waals surface area contributed by atoms with Gasteiger partial charge in [0, 0.05) is 6.61 Å². The molecule has 0 aliphatic rings. The summed E-state index contributed by atoms with van der Waals surface area (Å²) >= 11 is 0. The van der Waals surface area contributed by atoms with Crippen LogP contribution in [0, 0.1) is 0 Å². The van der Waals surface area contributed by atoms with Gasteiger partial charge >= 0.3 is 40.0 Å². The second kappa shape index (κ2) is 33.5. The number of hydrogen-bond acceptors (Lipinski definition) is 4. The van der Waals surface area contributed by atoms with Gasteiger partial charge in [0.05, 0.1) is 12.5 Å². The zero-order valence-electron chi connectivity index (χ0n) is 20.3. The summed E-state index contributed by atoms with van der Waals surface area (Å²) in [6.07, 6.45) is 25.8. The predicted octanol–water partition coefficient (Wildman–Crippen LogP) is 3.77. The normalized spacial score (nSPS) is 10.1. The topological polar surface area (TPSA) is 104 Å². The average molecular weight is 461 g/mol. The maximum Gasteiger partial charge on any atom is 1.00 e. The van der Waals surface area contributed by atoms with Crippen LogP contribution in [0.25, 0.3) is 0 Å². The Morgan fingerprint density at radius 3 is 1.40 bits per heavy atom. The van der Waals surface area contributed by atoms with E-state index in [0.29, 0.717) is 6.61 Å². The predicted molar refractivity (Wildman–Crippen MR) is 123 cm³/mol. The van der Waals surface area contributed by atoms with Gasteiger partial charge in [-0.05, 0) is 32.1 Å².